The molecule has 16 nitrogen and oxygen atoms in total. The zero-order valence-electron chi connectivity index (χ0n) is 48.7. The maximum absolute atomic E-state index is 12.8. The van der Waals surface area contributed by atoms with Crippen molar-refractivity contribution in [2.24, 2.45) is 23.5 Å². The second kappa shape index (κ2) is 36.1. The summed E-state index contributed by atoms with van der Waals surface area (Å²) in [7, 11) is -6.95. The summed E-state index contributed by atoms with van der Waals surface area (Å²) in [5.74, 6) is 2.90. The predicted octanol–water partition coefficient (Wildman–Crippen LogP) is 11.8. The van der Waals surface area contributed by atoms with E-state index in [1.54, 1.807) is 104 Å². The first-order chi connectivity index (χ1) is 40.6. The number of nitrogens with two attached hydrogens (primary N) is 1. The van der Waals surface area contributed by atoms with Crippen molar-refractivity contribution in [3.63, 3.8) is 0 Å². The molecule has 0 radical (unpaired) electrons. The molecular weight excluding hydrogens is 1140 g/mol. The third kappa shape index (κ3) is 21.4. The van der Waals surface area contributed by atoms with Crippen LogP contribution in [0.5, 0.6) is 17.2 Å². The third-order valence-electron chi connectivity index (χ3n) is 15.1. The molecule has 0 aromatic heterocycles. The molecule has 3 saturated carbocycles. The third-order valence-corrected chi connectivity index (χ3v) is 19.5. The minimum Gasteiger partial charge on any atom is -0.493 e. The van der Waals surface area contributed by atoms with Crippen LogP contribution in [0.4, 0.5) is 0 Å². The highest BCUT2D eigenvalue weighted by Crippen LogP contribution is 2.31. The van der Waals surface area contributed by atoms with Crippen molar-refractivity contribution in [2.75, 3.05) is 69.9 Å². The molecule has 10 rings (SSSR count). The topological polar surface area (TPSA) is 237 Å². The number of sulfone groups is 2. The fourth-order valence-electron chi connectivity index (χ4n) is 10.6. The molecular formula is C66H89N3O13S3. The number of carbonyl (C=O) groups excluding carboxylic acids is 4. The van der Waals surface area contributed by atoms with Gasteiger partial charge in [-0.25, -0.2) is 16.8 Å². The molecule has 19 heteroatoms. The number of thioether (sulfide) groups is 1. The summed E-state index contributed by atoms with van der Waals surface area (Å²) >= 11 is 1.64. The molecule has 0 unspecified atom stereocenters. The smallest absolute Gasteiger partial charge is 0.261 e. The zero-order chi connectivity index (χ0) is 60.3. The van der Waals surface area contributed by atoms with E-state index in [1.807, 2.05) is 24.3 Å². The van der Waals surface area contributed by atoms with Gasteiger partial charge in [0, 0.05) is 43.5 Å². The van der Waals surface area contributed by atoms with Crippen molar-refractivity contribution in [3.05, 3.63) is 144 Å². The summed E-state index contributed by atoms with van der Waals surface area (Å²) < 4.78 is 67.2. The van der Waals surface area contributed by atoms with E-state index in [4.69, 9.17) is 30.2 Å². The Hall–Kier alpha value is -6.09. The van der Waals surface area contributed by atoms with Crippen LogP contribution in [0.1, 0.15) is 159 Å². The number of imide groups is 2. The number of hydrogen-bond donors (Lipinski definition) is 3. The number of rotatable bonds is 20. The summed E-state index contributed by atoms with van der Waals surface area (Å²) in [5, 5.41) is 15.1. The van der Waals surface area contributed by atoms with Crippen molar-refractivity contribution in [1.82, 2.24) is 9.80 Å². The quantitative estimate of drug-likeness (QED) is 0.0485. The molecule has 5 aliphatic rings. The number of aliphatic hydroxyl groups is 2. The van der Waals surface area contributed by atoms with E-state index in [-0.39, 0.29) is 61.9 Å². The van der Waals surface area contributed by atoms with Crippen LogP contribution < -0.4 is 19.9 Å². The van der Waals surface area contributed by atoms with Gasteiger partial charge in [-0.2, -0.15) is 0 Å². The van der Waals surface area contributed by atoms with Gasteiger partial charge < -0.3 is 30.2 Å². The number of carbonyl (C=O) groups is 4. The highest BCUT2D eigenvalue weighted by molar-refractivity contribution is 7.99. The lowest BCUT2D eigenvalue weighted by Gasteiger charge is -2.21. The Kier molecular flexibility index (Phi) is 29.6. The van der Waals surface area contributed by atoms with Crippen LogP contribution in [0.15, 0.2) is 136 Å². The lowest BCUT2D eigenvalue weighted by atomic mass is 9.90. The van der Waals surface area contributed by atoms with E-state index in [0.717, 1.165) is 35.0 Å². The fourth-order valence-corrected chi connectivity index (χ4v) is 13.9. The minimum atomic E-state index is -3.67. The summed E-state index contributed by atoms with van der Waals surface area (Å²) in [4.78, 5) is 53.6. The monoisotopic (exact) mass is 1230 g/mol. The summed E-state index contributed by atoms with van der Waals surface area (Å²) in [6.45, 7) is 6.30. The van der Waals surface area contributed by atoms with Gasteiger partial charge in [-0.15, -0.1) is 11.8 Å². The molecule has 4 N–H and O–H groups in total. The number of hydrogen-bond acceptors (Lipinski definition) is 15. The maximum atomic E-state index is 12.8. The number of amides is 4. The van der Waals surface area contributed by atoms with Gasteiger partial charge in [-0.3, -0.25) is 29.0 Å². The molecule has 0 bridgehead atoms. The van der Waals surface area contributed by atoms with Gasteiger partial charge in [0.1, 0.15) is 17.2 Å². The van der Waals surface area contributed by atoms with Crippen molar-refractivity contribution >= 4 is 55.1 Å². The Morgan fingerprint density at radius 3 is 1.16 bits per heavy atom. The van der Waals surface area contributed by atoms with Crippen molar-refractivity contribution in [1.29, 1.82) is 0 Å². The molecule has 4 amide bonds. The minimum absolute atomic E-state index is 0. The van der Waals surface area contributed by atoms with Crippen LogP contribution in [0.3, 0.4) is 0 Å². The molecule has 85 heavy (non-hydrogen) atoms. The van der Waals surface area contributed by atoms with Crippen LogP contribution >= 0.6 is 11.8 Å². The summed E-state index contributed by atoms with van der Waals surface area (Å²) in [6, 6.07) is 34.8. The highest BCUT2D eigenvalue weighted by Gasteiger charge is 2.37. The van der Waals surface area contributed by atoms with Crippen molar-refractivity contribution in [2.45, 2.75) is 132 Å². The van der Waals surface area contributed by atoms with Gasteiger partial charge in [0.2, 0.25) is 0 Å². The van der Waals surface area contributed by atoms with Gasteiger partial charge >= 0.3 is 0 Å². The summed E-state index contributed by atoms with van der Waals surface area (Å²) in [5.41, 5.74) is 6.99. The maximum Gasteiger partial charge on any atom is 0.261 e. The average molecular weight is 1230 g/mol. The molecule has 0 atom stereocenters. The fraction of sp³-hybridized carbons (Fsp3) is 0.485. The van der Waals surface area contributed by atoms with Crippen LogP contribution in [0.2, 0.25) is 0 Å². The van der Waals surface area contributed by atoms with E-state index in [9.17, 15) is 36.0 Å². The molecule has 3 aliphatic carbocycles. The molecule has 464 valence electrons. The summed E-state index contributed by atoms with van der Waals surface area (Å²) in [6.07, 6.45) is 18.9. The van der Waals surface area contributed by atoms with Crippen LogP contribution in [-0.4, -0.2) is 130 Å². The highest BCUT2D eigenvalue weighted by atomic mass is 32.2. The second-order valence-electron chi connectivity index (χ2n) is 21.4. The first-order valence-electron chi connectivity index (χ1n) is 29.7. The van der Waals surface area contributed by atoms with E-state index < -0.39 is 31.5 Å². The average Bonchev–Trinajstić information content (AvgIpc) is 2.73. The molecule has 0 spiro atoms. The van der Waals surface area contributed by atoms with Gasteiger partial charge in [-0.1, -0.05) is 108 Å². The molecule has 0 saturated heterocycles. The number of nitrogens with zero attached hydrogens (tertiary/aromatic N) is 2. The Balaban J connectivity index is 0.000000225. The molecule has 3 fully saturated rings. The normalized spacial score (nSPS) is 16.2. The van der Waals surface area contributed by atoms with Crippen molar-refractivity contribution < 1.29 is 60.4 Å². The van der Waals surface area contributed by atoms with Gasteiger partial charge in [0.05, 0.1) is 63.4 Å². The SMILES string of the molecule is C.CCO.CCO.NCCS(=O)(=O)c1cccc(OCC2CCCCC2)c1.O=C1c2ccccc2C(=O)N1CCS(=O)(=O)c1cccc(OCC2CCCCC2)c1.O=C1c2ccccc2C(=O)N1CCSc1cccc(OCC2CCCCC2)c1. The zero-order valence-corrected chi connectivity index (χ0v) is 51.2. The van der Waals surface area contributed by atoms with Crippen LogP contribution in [0.25, 0.3) is 0 Å². The number of fused-ring (bicyclic) bond motifs is 2. The van der Waals surface area contributed by atoms with Crippen LogP contribution in [-0.2, 0) is 19.7 Å². The molecule has 2 aliphatic heterocycles. The predicted molar refractivity (Wildman–Crippen MR) is 335 cm³/mol. The van der Waals surface area contributed by atoms with Gasteiger partial charge in [-0.05, 0) is 149 Å². The lowest BCUT2D eigenvalue weighted by Crippen LogP contribution is -2.34. The van der Waals surface area contributed by atoms with Gasteiger partial charge in [0.25, 0.3) is 23.6 Å². The van der Waals surface area contributed by atoms with E-state index in [0.29, 0.717) is 81.9 Å². The Morgan fingerprint density at radius 2 is 0.800 bits per heavy atom. The Bertz CT molecular complexity index is 3050. The van der Waals surface area contributed by atoms with Crippen LogP contribution in [0, 0.1) is 17.8 Å². The van der Waals surface area contributed by atoms with Gasteiger partial charge in [0.15, 0.2) is 19.7 Å². The van der Waals surface area contributed by atoms with E-state index in [1.165, 1.54) is 101 Å². The standard InChI is InChI=1S/C23H25NO5S.C23H25NO3S.C15H23NO3S.2C2H6O.CH4/c25-22-20-11-4-5-12-21(20)23(26)24(22)13-14-30(27,28)19-10-6-9-18(15-19)29-16-17-7-2-1-3-8-17;25-22-20-11-4-5-12-21(20)23(26)24(22)13-14-28-19-10-6-9-18(15-19)27-16-17-7-2-1-3-8-17;16-9-10-20(17,18)15-8-4-7-14(11-15)19-12-13-5-2-1-3-6-13;2*1-2-3;/h4-6,9-12,15,17H,1-3,7-8,13-14,16H2;4-6,9-12,15,17H,1-3,7-8,13-14,16H2;4,7-8,11,13H,1-3,5-6,9-10,12,16H2;2*3H,2H2,1H3;1H4. The largest absolute Gasteiger partial charge is 0.493 e. The Labute approximate surface area is 509 Å². The second-order valence-corrected chi connectivity index (χ2v) is 26.8. The number of aliphatic hydroxyl groups excluding tert-OH is 2. The van der Waals surface area contributed by atoms with Crippen molar-refractivity contribution in [3.8, 4) is 17.2 Å². The molecule has 2 heterocycles. The van der Waals surface area contributed by atoms with E-state index in [2.05, 4.69) is 6.07 Å². The first kappa shape index (κ1) is 69.7. The Morgan fingerprint density at radius 1 is 0.471 bits per heavy atom. The number of ether oxygens (including phenoxy) is 3. The molecule has 5 aromatic carbocycles. The molecule has 5 aromatic rings. The first-order valence-corrected chi connectivity index (χ1v) is 34.0. The van der Waals surface area contributed by atoms with E-state index >= 15 is 0 Å². The number of benzene rings is 5. The lowest BCUT2D eigenvalue weighted by molar-refractivity contribution is 0.0648.